The largest absolute Gasteiger partial charge is 0.466 e. The molecule has 0 saturated carbocycles. The second-order valence-electron chi connectivity index (χ2n) is 3.28. The topological polar surface area (TPSA) is 39.2 Å². The maximum Gasteiger partial charge on any atom is 0.139 e. The minimum atomic E-state index is -0.392. The van der Waals surface area contributed by atoms with E-state index in [0.717, 1.165) is 13.6 Å². The first-order chi connectivity index (χ1) is 7.59. The summed E-state index contributed by atoms with van der Waals surface area (Å²) in [5.41, 5.74) is 6.91. The van der Waals surface area contributed by atoms with Crippen LogP contribution in [0.3, 0.4) is 0 Å². The molecule has 0 fully saturated rings. The number of hydrogen-bond donors (Lipinski definition) is 1. The second-order valence-corrected chi connectivity index (χ2v) is 5.29. The van der Waals surface area contributed by atoms with Gasteiger partial charge in [0.15, 0.2) is 0 Å². The molecule has 84 valence electrons. The van der Waals surface area contributed by atoms with Gasteiger partial charge in [0.05, 0.1) is 16.8 Å². The molecule has 0 saturated heterocycles. The molecule has 2 rings (SSSR count). The lowest BCUT2D eigenvalue weighted by Crippen LogP contribution is -2.13. The van der Waals surface area contributed by atoms with Crippen LogP contribution in [-0.2, 0) is 0 Å². The van der Waals surface area contributed by atoms with E-state index in [1.165, 1.54) is 12.1 Å². The van der Waals surface area contributed by atoms with Crippen molar-refractivity contribution in [1.29, 1.82) is 0 Å². The lowest BCUT2D eigenvalue weighted by molar-refractivity contribution is 0.486. The summed E-state index contributed by atoms with van der Waals surface area (Å²) in [7, 11) is 0. The molecular weight excluding hydrogens is 388 g/mol. The molecule has 0 bridgehead atoms. The Hall–Kier alpha value is -0.400. The van der Waals surface area contributed by atoms with Gasteiger partial charge in [-0.1, -0.05) is 6.07 Å². The summed E-state index contributed by atoms with van der Waals surface area (Å²) >= 11 is 5.41. The van der Waals surface area contributed by atoms with E-state index >= 15 is 0 Å². The maximum absolute atomic E-state index is 13.0. The maximum atomic E-state index is 13.0. The van der Waals surface area contributed by atoms with Gasteiger partial charge in [-0.3, -0.25) is 0 Å². The third kappa shape index (κ3) is 2.31. The number of nitrogens with two attached hydrogens (primary N) is 1. The monoisotopic (exact) mass is 395 g/mol. The number of hydrogen-bond acceptors (Lipinski definition) is 2. The molecule has 1 aromatic heterocycles. The fourth-order valence-corrected chi connectivity index (χ4v) is 2.68. The molecule has 0 amide bonds. The molecule has 0 aliphatic heterocycles. The lowest BCUT2D eigenvalue weighted by atomic mass is 10.1. The van der Waals surface area contributed by atoms with E-state index in [2.05, 4.69) is 38.5 Å². The molecule has 0 radical (unpaired) electrons. The minimum absolute atomic E-state index is 0.265. The van der Waals surface area contributed by atoms with Gasteiger partial charge < -0.3 is 10.2 Å². The van der Waals surface area contributed by atoms with Gasteiger partial charge in [0.2, 0.25) is 0 Å². The third-order valence-corrected chi connectivity index (χ3v) is 3.81. The zero-order chi connectivity index (χ0) is 11.7. The van der Waals surface area contributed by atoms with Gasteiger partial charge in [-0.15, -0.1) is 0 Å². The molecule has 2 N–H and O–H groups in total. The summed E-state index contributed by atoms with van der Waals surface area (Å²) in [5.74, 6) is 0.378. The molecule has 0 aliphatic carbocycles. The van der Waals surface area contributed by atoms with E-state index in [0.29, 0.717) is 5.76 Å². The third-order valence-electron chi connectivity index (χ3n) is 2.22. The van der Waals surface area contributed by atoms with Crippen LogP contribution in [0.4, 0.5) is 4.39 Å². The summed E-state index contributed by atoms with van der Waals surface area (Å²) in [6.07, 6.45) is 1.57. The van der Waals surface area contributed by atoms with E-state index in [-0.39, 0.29) is 5.82 Å². The molecule has 5 heteroatoms. The highest BCUT2D eigenvalue weighted by Crippen LogP contribution is 2.30. The van der Waals surface area contributed by atoms with Gasteiger partial charge in [0, 0.05) is 3.57 Å². The average Bonchev–Trinajstić information content (AvgIpc) is 2.63. The SMILES string of the molecule is NC(c1ccc(F)cc1I)c1occc1Br. The van der Waals surface area contributed by atoms with E-state index in [1.54, 1.807) is 18.4 Å². The van der Waals surface area contributed by atoms with Crippen molar-refractivity contribution in [2.75, 3.05) is 0 Å². The predicted octanol–water partition coefficient (Wildman–Crippen LogP) is 3.83. The standard InChI is InChI=1S/C11H8BrFINO/c12-8-3-4-16-11(8)10(15)7-2-1-6(13)5-9(7)14/h1-5,10H,15H2. The predicted molar refractivity (Wildman–Crippen MR) is 71.6 cm³/mol. The normalized spacial score (nSPS) is 12.8. The molecule has 16 heavy (non-hydrogen) atoms. The molecule has 1 unspecified atom stereocenters. The van der Waals surface area contributed by atoms with Crippen LogP contribution in [0.1, 0.15) is 17.4 Å². The highest BCUT2D eigenvalue weighted by molar-refractivity contribution is 14.1. The van der Waals surface area contributed by atoms with Crippen LogP contribution in [0, 0.1) is 9.39 Å². The van der Waals surface area contributed by atoms with Crippen molar-refractivity contribution in [3.63, 3.8) is 0 Å². The van der Waals surface area contributed by atoms with Crippen molar-refractivity contribution in [3.8, 4) is 0 Å². The van der Waals surface area contributed by atoms with E-state index in [1.807, 2.05) is 0 Å². The first-order valence-corrected chi connectivity index (χ1v) is 6.40. The Morgan fingerprint density at radius 2 is 2.12 bits per heavy atom. The van der Waals surface area contributed by atoms with E-state index in [9.17, 15) is 4.39 Å². The first kappa shape index (κ1) is 12.1. The first-order valence-electron chi connectivity index (χ1n) is 4.53. The van der Waals surface area contributed by atoms with Crippen LogP contribution >= 0.6 is 38.5 Å². The molecule has 2 aromatic rings. The second kappa shape index (κ2) is 4.85. The molecular formula is C11H8BrFINO. The van der Waals surface area contributed by atoms with E-state index in [4.69, 9.17) is 10.2 Å². The summed E-state index contributed by atoms with van der Waals surface area (Å²) in [6.45, 7) is 0. The van der Waals surface area contributed by atoms with E-state index < -0.39 is 6.04 Å². The highest BCUT2D eigenvalue weighted by atomic mass is 127. The summed E-state index contributed by atoms with van der Waals surface area (Å²) in [4.78, 5) is 0. The van der Waals surface area contributed by atoms with Gasteiger partial charge in [0.25, 0.3) is 0 Å². The smallest absolute Gasteiger partial charge is 0.139 e. The van der Waals surface area contributed by atoms with Gasteiger partial charge in [0.1, 0.15) is 11.6 Å². The van der Waals surface area contributed by atoms with Crippen LogP contribution in [0.25, 0.3) is 0 Å². The fraction of sp³-hybridized carbons (Fsp3) is 0.0909. The highest BCUT2D eigenvalue weighted by Gasteiger charge is 2.18. The zero-order valence-electron chi connectivity index (χ0n) is 8.08. The summed E-state index contributed by atoms with van der Waals surface area (Å²) < 4.78 is 19.9. The van der Waals surface area contributed by atoms with Gasteiger partial charge in [-0.25, -0.2) is 4.39 Å². The van der Waals surface area contributed by atoms with Crippen LogP contribution in [0.2, 0.25) is 0 Å². The molecule has 1 atom stereocenters. The minimum Gasteiger partial charge on any atom is -0.466 e. The van der Waals surface area contributed by atoms with Crippen LogP contribution in [-0.4, -0.2) is 0 Å². The summed E-state index contributed by atoms with van der Waals surface area (Å²) in [6, 6.07) is 5.92. The Balaban J connectivity index is 2.41. The Kier molecular flexibility index (Phi) is 3.66. The Labute approximate surface area is 114 Å². The van der Waals surface area contributed by atoms with Crippen molar-refractivity contribution in [2.24, 2.45) is 5.73 Å². The number of benzene rings is 1. The number of furan rings is 1. The van der Waals surface area contributed by atoms with Crippen molar-refractivity contribution in [1.82, 2.24) is 0 Å². The fourth-order valence-electron chi connectivity index (χ4n) is 1.42. The quantitative estimate of drug-likeness (QED) is 0.785. The average molecular weight is 396 g/mol. The molecule has 1 heterocycles. The Bertz CT molecular complexity index is 514. The summed E-state index contributed by atoms with van der Waals surface area (Å²) in [5, 5.41) is 0. The van der Waals surface area contributed by atoms with Crippen molar-refractivity contribution >= 4 is 38.5 Å². The van der Waals surface area contributed by atoms with Crippen molar-refractivity contribution in [2.45, 2.75) is 6.04 Å². The van der Waals surface area contributed by atoms with Gasteiger partial charge in [-0.2, -0.15) is 0 Å². The van der Waals surface area contributed by atoms with Crippen molar-refractivity contribution < 1.29 is 8.81 Å². The van der Waals surface area contributed by atoms with Crippen LogP contribution in [0.15, 0.2) is 39.4 Å². The Morgan fingerprint density at radius 1 is 1.38 bits per heavy atom. The molecule has 0 spiro atoms. The number of rotatable bonds is 2. The zero-order valence-corrected chi connectivity index (χ0v) is 11.8. The molecule has 2 nitrogen and oxygen atoms in total. The molecule has 0 aliphatic rings. The van der Waals surface area contributed by atoms with Crippen LogP contribution in [0.5, 0.6) is 0 Å². The van der Waals surface area contributed by atoms with Crippen molar-refractivity contribution in [3.05, 3.63) is 55.7 Å². The molecule has 1 aromatic carbocycles. The van der Waals surface area contributed by atoms with Gasteiger partial charge >= 0.3 is 0 Å². The van der Waals surface area contributed by atoms with Gasteiger partial charge in [-0.05, 0) is 62.3 Å². The Morgan fingerprint density at radius 3 is 2.69 bits per heavy atom. The van der Waals surface area contributed by atoms with Crippen LogP contribution < -0.4 is 5.73 Å². The number of halogens is 3. The lowest BCUT2D eigenvalue weighted by Gasteiger charge is -2.12.